The van der Waals surface area contributed by atoms with Gasteiger partial charge < -0.3 is 10.1 Å². The van der Waals surface area contributed by atoms with Crippen molar-refractivity contribution < 1.29 is 4.74 Å². The Morgan fingerprint density at radius 2 is 1.92 bits per heavy atom. The number of hydrogen-bond acceptors (Lipinski definition) is 2. The van der Waals surface area contributed by atoms with E-state index < -0.39 is 0 Å². The van der Waals surface area contributed by atoms with Crippen LogP contribution in [0.4, 0.5) is 0 Å². The third-order valence-corrected chi connectivity index (χ3v) is 9.95. The maximum Gasteiger partial charge on any atom is 0.0739 e. The van der Waals surface area contributed by atoms with Crippen molar-refractivity contribution >= 4 is 5.71 Å². The van der Waals surface area contributed by atoms with E-state index in [1.165, 1.54) is 64.2 Å². The van der Waals surface area contributed by atoms with Gasteiger partial charge in [0.05, 0.1) is 5.60 Å². The Morgan fingerprint density at radius 3 is 2.68 bits per heavy atom. The van der Waals surface area contributed by atoms with Crippen LogP contribution in [0.1, 0.15) is 77.6 Å². The average molecular weight is 340 g/mol. The maximum atomic E-state index is 8.21. The van der Waals surface area contributed by atoms with Crippen molar-refractivity contribution in [3.05, 3.63) is 11.6 Å². The molecule has 3 unspecified atom stereocenters. The van der Waals surface area contributed by atoms with Crippen LogP contribution in [0.3, 0.4) is 0 Å². The van der Waals surface area contributed by atoms with Crippen LogP contribution in [0, 0.1) is 39.9 Å². The standard InChI is InChI=1S/C23H33NO/c1-21-8-5-16-17-4-3-15(24)13-20(17)22(10-11-22)14-18(16)19(21)6-9-23(21)7-2-12-25-23/h13,16-19,24H,2-12,14H2,1H3/t16?,17-,18?,19?,21+,23+/m1/s1. The second-order valence-electron chi connectivity index (χ2n) is 10.6. The van der Waals surface area contributed by atoms with Crippen molar-refractivity contribution in [2.24, 2.45) is 34.5 Å². The van der Waals surface area contributed by atoms with Gasteiger partial charge >= 0.3 is 0 Å². The summed E-state index contributed by atoms with van der Waals surface area (Å²) in [5.41, 5.74) is 3.87. The molecule has 136 valence electrons. The van der Waals surface area contributed by atoms with Gasteiger partial charge in [-0.3, -0.25) is 0 Å². The smallest absolute Gasteiger partial charge is 0.0739 e. The molecule has 6 atom stereocenters. The highest BCUT2D eigenvalue weighted by atomic mass is 16.5. The van der Waals surface area contributed by atoms with Gasteiger partial charge in [-0.1, -0.05) is 12.5 Å². The summed E-state index contributed by atoms with van der Waals surface area (Å²) >= 11 is 0. The minimum atomic E-state index is 0.240. The van der Waals surface area contributed by atoms with E-state index in [9.17, 15) is 0 Å². The molecule has 0 aromatic carbocycles. The number of allylic oxidation sites excluding steroid dienone is 2. The van der Waals surface area contributed by atoms with Crippen LogP contribution < -0.4 is 0 Å². The monoisotopic (exact) mass is 339 g/mol. The highest BCUT2D eigenvalue weighted by Gasteiger charge is 2.67. The van der Waals surface area contributed by atoms with Gasteiger partial charge in [0.1, 0.15) is 0 Å². The van der Waals surface area contributed by atoms with Crippen molar-refractivity contribution in [3.63, 3.8) is 0 Å². The van der Waals surface area contributed by atoms with Crippen molar-refractivity contribution in [3.8, 4) is 0 Å². The van der Waals surface area contributed by atoms with Gasteiger partial charge in [-0.25, -0.2) is 0 Å². The molecular formula is C23H33NO. The number of nitrogens with one attached hydrogen (secondary N) is 1. The largest absolute Gasteiger partial charge is 0.374 e. The van der Waals surface area contributed by atoms with Crippen molar-refractivity contribution in [1.29, 1.82) is 5.41 Å². The lowest BCUT2D eigenvalue weighted by Gasteiger charge is -2.57. The van der Waals surface area contributed by atoms with E-state index in [0.29, 0.717) is 10.8 Å². The van der Waals surface area contributed by atoms with Crippen LogP contribution in [0.5, 0.6) is 0 Å². The fraction of sp³-hybridized carbons (Fsp3) is 0.870. The summed E-state index contributed by atoms with van der Waals surface area (Å²) in [5, 5.41) is 8.21. The van der Waals surface area contributed by atoms with Crippen LogP contribution in [0.15, 0.2) is 11.6 Å². The molecule has 0 aromatic heterocycles. The predicted octanol–water partition coefficient (Wildman–Crippen LogP) is 5.52. The van der Waals surface area contributed by atoms with Crippen LogP contribution in [-0.2, 0) is 4.74 Å². The van der Waals surface area contributed by atoms with Crippen LogP contribution >= 0.6 is 0 Å². The Labute approximate surface area is 152 Å². The summed E-state index contributed by atoms with van der Waals surface area (Å²) in [4.78, 5) is 0. The molecule has 5 aliphatic carbocycles. The van der Waals surface area contributed by atoms with E-state index in [1.54, 1.807) is 5.57 Å². The SMILES string of the molecule is C[C@]12CCC3C(CC4(CC4)C4=CC(=N)CC[C@@H]43)C1CC[C@@]21CCCO1. The van der Waals surface area contributed by atoms with Gasteiger partial charge in [-0.15, -0.1) is 0 Å². The van der Waals surface area contributed by atoms with E-state index in [-0.39, 0.29) is 5.60 Å². The molecule has 2 heteroatoms. The second-order valence-corrected chi connectivity index (χ2v) is 10.6. The zero-order valence-electron chi connectivity index (χ0n) is 15.8. The molecule has 1 N–H and O–H groups in total. The molecule has 0 bridgehead atoms. The summed E-state index contributed by atoms with van der Waals surface area (Å²) in [5.74, 6) is 3.59. The first-order valence-corrected chi connectivity index (χ1v) is 11.0. The predicted molar refractivity (Wildman–Crippen MR) is 99.8 cm³/mol. The van der Waals surface area contributed by atoms with Gasteiger partial charge in [0.25, 0.3) is 0 Å². The van der Waals surface area contributed by atoms with Crippen molar-refractivity contribution in [2.45, 2.75) is 83.2 Å². The molecule has 1 heterocycles. The van der Waals surface area contributed by atoms with E-state index in [4.69, 9.17) is 10.1 Å². The summed E-state index contributed by atoms with van der Waals surface area (Å²) < 4.78 is 6.50. The summed E-state index contributed by atoms with van der Waals surface area (Å²) in [6.07, 6.45) is 17.1. The lowest BCUT2D eigenvalue weighted by Crippen LogP contribution is -2.53. The molecule has 2 spiro atoms. The zero-order chi connectivity index (χ0) is 16.9. The summed E-state index contributed by atoms with van der Waals surface area (Å²) in [6.45, 7) is 3.63. The Bertz CT molecular complexity index is 653. The first-order chi connectivity index (χ1) is 12.1. The zero-order valence-corrected chi connectivity index (χ0v) is 15.8. The van der Waals surface area contributed by atoms with E-state index in [0.717, 1.165) is 42.4 Å². The molecule has 0 aromatic rings. The number of rotatable bonds is 0. The molecule has 5 fully saturated rings. The number of ether oxygens (including phenoxy) is 1. The average Bonchev–Trinajstić information content (AvgIpc) is 3.09. The third kappa shape index (κ3) is 1.83. The highest BCUT2D eigenvalue weighted by Crippen LogP contribution is 2.73. The summed E-state index contributed by atoms with van der Waals surface area (Å²) in [7, 11) is 0. The summed E-state index contributed by atoms with van der Waals surface area (Å²) in [6, 6.07) is 0. The first kappa shape index (κ1) is 15.4. The van der Waals surface area contributed by atoms with Crippen LogP contribution in [0.2, 0.25) is 0 Å². The van der Waals surface area contributed by atoms with Crippen LogP contribution in [0.25, 0.3) is 0 Å². The molecule has 0 radical (unpaired) electrons. The Hall–Kier alpha value is -0.630. The molecule has 25 heavy (non-hydrogen) atoms. The molecule has 0 amide bonds. The maximum absolute atomic E-state index is 8.21. The van der Waals surface area contributed by atoms with Gasteiger partial charge in [-0.05, 0) is 111 Å². The highest BCUT2D eigenvalue weighted by molar-refractivity contribution is 5.94. The van der Waals surface area contributed by atoms with Gasteiger partial charge in [0, 0.05) is 12.3 Å². The third-order valence-electron chi connectivity index (χ3n) is 9.95. The molecule has 6 rings (SSSR count). The Morgan fingerprint density at radius 1 is 1.04 bits per heavy atom. The fourth-order valence-corrected chi connectivity index (χ4v) is 8.58. The minimum absolute atomic E-state index is 0.240. The van der Waals surface area contributed by atoms with Gasteiger partial charge in [0.15, 0.2) is 0 Å². The van der Waals surface area contributed by atoms with E-state index in [2.05, 4.69) is 13.0 Å². The molecular weight excluding hydrogens is 306 g/mol. The van der Waals surface area contributed by atoms with Crippen molar-refractivity contribution in [1.82, 2.24) is 0 Å². The number of fused-ring (bicyclic) bond motifs is 7. The first-order valence-electron chi connectivity index (χ1n) is 11.0. The van der Waals surface area contributed by atoms with Gasteiger partial charge in [0.2, 0.25) is 0 Å². The lowest BCUT2D eigenvalue weighted by molar-refractivity contribution is -0.130. The lowest BCUT2D eigenvalue weighted by atomic mass is 9.48. The molecule has 6 aliphatic rings. The van der Waals surface area contributed by atoms with Crippen LogP contribution in [-0.4, -0.2) is 17.9 Å². The molecule has 4 saturated carbocycles. The second kappa shape index (κ2) is 4.80. The quantitative estimate of drug-likeness (QED) is 0.619. The Kier molecular flexibility index (Phi) is 2.96. The van der Waals surface area contributed by atoms with Crippen molar-refractivity contribution in [2.75, 3.05) is 6.61 Å². The molecule has 2 nitrogen and oxygen atoms in total. The van der Waals surface area contributed by atoms with E-state index >= 15 is 0 Å². The Balaban J connectivity index is 1.38. The molecule has 1 saturated heterocycles. The number of hydrogen-bond donors (Lipinski definition) is 1. The van der Waals surface area contributed by atoms with Gasteiger partial charge in [-0.2, -0.15) is 0 Å². The fourth-order valence-electron chi connectivity index (χ4n) is 8.58. The minimum Gasteiger partial charge on any atom is -0.374 e. The van der Waals surface area contributed by atoms with E-state index in [1.807, 2.05) is 0 Å². The topological polar surface area (TPSA) is 33.1 Å². The molecule has 1 aliphatic heterocycles. The normalized spacial score (nSPS) is 52.7.